The smallest absolute Gasteiger partial charge is 0.280 e. The highest BCUT2D eigenvalue weighted by atomic mass is 19.1. The molecule has 1 N–H and O–H groups in total. The van der Waals surface area contributed by atoms with Crippen molar-refractivity contribution in [2.75, 3.05) is 11.9 Å². The second-order valence-corrected chi connectivity index (χ2v) is 6.28. The van der Waals surface area contributed by atoms with Gasteiger partial charge in [0.2, 0.25) is 0 Å². The van der Waals surface area contributed by atoms with E-state index >= 15 is 0 Å². The van der Waals surface area contributed by atoms with Crippen molar-refractivity contribution in [1.29, 1.82) is 0 Å². The molecule has 0 fully saturated rings. The Kier molecular flexibility index (Phi) is 4.20. The number of amides is 2. The van der Waals surface area contributed by atoms with Gasteiger partial charge >= 0.3 is 0 Å². The Balaban J connectivity index is 1.81. The van der Waals surface area contributed by atoms with E-state index in [1.54, 1.807) is 25.2 Å². The second-order valence-electron chi connectivity index (χ2n) is 6.28. The normalized spacial score (nSPS) is 19.2. The van der Waals surface area contributed by atoms with E-state index in [2.05, 4.69) is 5.32 Å². The lowest BCUT2D eigenvalue weighted by molar-refractivity contribution is -0.148. The molecule has 130 valence electrons. The van der Waals surface area contributed by atoms with Gasteiger partial charge in [-0.05, 0) is 49.2 Å². The van der Waals surface area contributed by atoms with Crippen molar-refractivity contribution in [3.8, 4) is 5.75 Å². The number of ether oxygens (including phenoxy) is 1. The first-order valence-electron chi connectivity index (χ1n) is 7.92. The summed E-state index contributed by atoms with van der Waals surface area (Å²) in [6.07, 6.45) is 0. The van der Waals surface area contributed by atoms with Gasteiger partial charge in [0.1, 0.15) is 11.6 Å². The van der Waals surface area contributed by atoms with E-state index in [4.69, 9.17) is 4.74 Å². The molecule has 1 unspecified atom stereocenters. The number of benzene rings is 2. The highest BCUT2D eigenvalue weighted by Crippen LogP contribution is 2.37. The second kappa shape index (κ2) is 6.20. The Labute approximate surface area is 145 Å². The van der Waals surface area contributed by atoms with Gasteiger partial charge in [-0.3, -0.25) is 9.59 Å². The molecule has 0 aliphatic carbocycles. The van der Waals surface area contributed by atoms with Crippen LogP contribution in [-0.4, -0.2) is 24.5 Å². The number of halogens is 1. The summed E-state index contributed by atoms with van der Waals surface area (Å²) in [6, 6.07) is 11.3. The zero-order chi connectivity index (χ0) is 18.2. The third kappa shape index (κ3) is 3.07. The first-order valence-corrected chi connectivity index (χ1v) is 7.92. The SMILES string of the molecule is Cc1ccc2c(c1)N(C)C(=O)C(C)(C(=O)NCc1cccc(F)c1)O2. The number of hydrogen-bond acceptors (Lipinski definition) is 3. The summed E-state index contributed by atoms with van der Waals surface area (Å²) < 4.78 is 19.0. The number of fused-ring (bicyclic) bond motifs is 1. The first kappa shape index (κ1) is 17.0. The summed E-state index contributed by atoms with van der Waals surface area (Å²) in [7, 11) is 1.61. The Morgan fingerprint density at radius 1 is 1.28 bits per heavy atom. The summed E-state index contributed by atoms with van der Waals surface area (Å²) in [5.74, 6) is -0.940. The van der Waals surface area contributed by atoms with Gasteiger partial charge in [-0.15, -0.1) is 0 Å². The van der Waals surface area contributed by atoms with Crippen molar-refractivity contribution in [2.45, 2.75) is 26.0 Å². The Bertz CT molecular complexity index is 852. The van der Waals surface area contributed by atoms with E-state index in [9.17, 15) is 14.0 Å². The molecule has 5 nitrogen and oxygen atoms in total. The number of likely N-dealkylation sites (N-methyl/N-ethyl adjacent to an activating group) is 1. The molecular formula is C19H19FN2O3. The molecule has 0 spiro atoms. The molecule has 2 aromatic rings. The van der Waals surface area contributed by atoms with Gasteiger partial charge < -0.3 is 15.0 Å². The van der Waals surface area contributed by atoms with Gasteiger partial charge in [-0.25, -0.2) is 4.39 Å². The number of nitrogens with one attached hydrogen (secondary N) is 1. The van der Waals surface area contributed by atoms with Gasteiger partial charge in [-0.2, -0.15) is 0 Å². The van der Waals surface area contributed by atoms with Crippen LogP contribution >= 0.6 is 0 Å². The van der Waals surface area contributed by atoms with E-state index in [0.717, 1.165) is 5.56 Å². The van der Waals surface area contributed by atoms with E-state index in [1.807, 2.05) is 19.1 Å². The molecule has 25 heavy (non-hydrogen) atoms. The zero-order valence-electron chi connectivity index (χ0n) is 14.3. The molecule has 0 radical (unpaired) electrons. The maximum Gasteiger partial charge on any atom is 0.280 e. The minimum absolute atomic E-state index is 0.104. The first-order chi connectivity index (χ1) is 11.8. The molecule has 6 heteroatoms. The number of carbonyl (C=O) groups is 2. The molecule has 3 rings (SSSR count). The summed E-state index contributed by atoms with van der Waals surface area (Å²) >= 11 is 0. The lowest BCUT2D eigenvalue weighted by Gasteiger charge is -2.38. The maximum absolute atomic E-state index is 13.2. The lowest BCUT2D eigenvalue weighted by Crippen LogP contribution is -2.61. The largest absolute Gasteiger partial charge is 0.466 e. The lowest BCUT2D eigenvalue weighted by atomic mass is 9.99. The van der Waals surface area contributed by atoms with Crippen LogP contribution in [0.25, 0.3) is 0 Å². The van der Waals surface area contributed by atoms with Gasteiger partial charge in [0.25, 0.3) is 17.4 Å². The third-order valence-electron chi connectivity index (χ3n) is 4.28. The summed E-state index contributed by atoms with van der Waals surface area (Å²) in [4.78, 5) is 26.8. The van der Waals surface area contributed by atoms with Crippen LogP contribution in [0.15, 0.2) is 42.5 Å². The molecule has 2 aromatic carbocycles. The molecule has 0 saturated heterocycles. The highest BCUT2D eigenvalue weighted by molar-refractivity contribution is 6.16. The number of nitrogens with zero attached hydrogens (tertiary/aromatic N) is 1. The number of hydrogen-bond donors (Lipinski definition) is 1. The minimum atomic E-state index is -1.68. The number of aryl methyl sites for hydroxylation is 1. The fourth-order valence-corrected chi connectivity index (χ4v) is 2.81. The fourth-order valence-electron chi connectivity index (χ4n) is 2.81. The summed E-state index contributed by atoms with van der Waals surface area (Å²) in [6.45, 7) is 3.46. The van der Waals surface area contributed by atoms with Gasteiger partial charge in [0.15, 0.2) is 0 Å². The van der Waals surface area contributed by atoms with Crippen molar-refractivity contribution in [2.24, 2.45) is 0 Å². The maximum atomic E-state index is 13.2. The van der Waals surface area contributed by atoms with Gasteiger partial charge in [-0.1, -0.05) is 18.2 Å². The monoisotopic (exact) mass is 342 g/mol. The predicted octanol–water partition coefficient (Wildman–Crippen LogP) is 2.56. The molecule has 2 amide bonds. The zero-order valence-corrected chi connectivity index (χ0v) is 14.3. The molecule has 1 aliphatic rings. The number of anilines is 1. The Morgan fingerprint density at radius 2 is 2.04 bits per heavy atom. The van der Waals surface area contributed by atoms with Crippen molar-refractivity contribution < 1.29 is 18.7 Å². The highest BCUT2D eigenvalue weighted by Gasteiger charge is 2.49. The third-order valence-corrected chi connectivity index (χ3v) is 4.28. The Morgan fingerprint density at radius 3 is 2.76 bits per heavy atom. The van der Waals surface area contributed by atoms with Crippen molar-refractivity contribution >= 4 is 17.5 Å². The van der Waals surface area contributed by atoms with Gasteiger partial charge in [0, 0.05) is 13.6 Å². The van der Waals surface area contributed by atoms with Gasteiger partial charge in [0.05, 0.1) is 5.69 Å². The standard InChI is InChI=1S/C19H19FN2O3/c1-12-7-8-16-15(9-12)22(3)18(24)19(2,25-16)17(23)21-11-13-5-4-6-14(20)10-13/h4-10H,11H2,1-3H3,(H,21,23). The Hall–Kier alpha value is -2.89. The van der Waals surface area contributed by atoms with E-state index < -0.39 is 17.4 Å². The van der Waals surface area contributed by atoms with Crippen molar-refractivity contribution in [3.63, 3.8) is 0 Å². The van der Waals surface area contributed by atoms with Crippen LogP contribution in [0.2, 0.25) is 0 Å². The molecule has 1 heterocycles. The average molecular weight is 342 g/mol. The molecule has 1 aliphatic heterocycles. The average Bonchev–Trinajstić information content (AvgIpc) is 2.58. The van der Waals surface area contributed by atoms with Crippen LogP contribution in [0, 0.1) is 12.7 Å². The predicted molar refractivity (Wildman–Crippen MR) is 91.9 cm³/mol. The summed E-state index contributed by atoms with van der Waals surface area (Å²) in [5.41, 5.74) is 0.538. The van der Waals surface area contributed by atoms with Crippen molar-refractivity contribution in [3.05, 3.63) is 59.4 Å². The van der Waals surface area contributed by atoms with Crippen LogP contribution in [-0.2, 0) is 16.1 Å². The molecular weight excluding hydrogens is 323 g/mol. The molecule has 0 bridgehead atoms. The molecule has 0 saturated carbocycles. The van der Waals surface area contributed by atoms with Crippen LogP contribution < -0.4 is 15.0 Å². The van der Waals surface area contributed by atoms with E-state index in [0.29, 0.717) is 17.0 Å². The van der Waals surface area contributed by atoms with Crippen LogP contribution in [0.3, 0.4) is 0 Å². The van der Waals surface area contributed by atoms with E-state index in [1.165, 1.54) is 24.0 Å². The quantitative estimate of drug-likeness (QED) is 0.872. The van der Waals surface area contributed by atoms with Crippen molar-refractivity contribution in [1.82, 2.24) is 5.32 Å². The molecule has 1 atom stereocenters. The number of rotatable bonds is 3. The molecule has 0 aromatic heterocycles. The number of carbonyl (C=O) groups excluding carboxylic acids is 2. The minimum Gasteiger partial charge on any atom is -0.466 e. The topological polar surface area (TPSA) is 58.6 Å². The van der Waals surface area contributed by atoms with Crippen LogP contribution in [0.5, 0.6) is 5.75 Å². The van der Waals surface area contributed by atoms with Crippen LogP contribution in [0.4, 0.5) is 10.1 Å². The van der Waals surface area contributed by atoms with Crippen LogP contribution in [0.1, 0.15) is 18.1 Å². The fraction of sp³-hybridized carbons (Fsp3) is 0.263. The van der Waals surface area contributed by atoms with E-state index in [-0.39, 0.29) is 12.4 Å². The summed E-state index contributed by atoms with van der Waals surface area (Å²) in [5, 5.41) is 2.65.